The predicted molar refractivity (Wildman–Crippen MR) is 53.7 cm³/mol. The smallest absolute Gasteiger partial charge is 0.175 e. The maximum absolute atomic E-state index is 12.8. The lowest BCUT2D eigenvalue weighted by Gasteiger charge is -2.06. The van der Waals surface area contributed by atoms with Crippen LogP contribution >= 0.6 is 11.8 Å². The van der Waals surface area contributed by atoms with Crippen molar-refractivity contribution in [2.45, 2.75) is 12.2 Å². The molecule has 1 nitrogen and oxygen atoms in total. The van der Waals surface area contributed by atoms with Crippen molar-refractivity contribution in [1.29, 1.82) is 0 Å². The van der Waals surface area contributed by atoms with Gasteiger partial charge >= 0.3 is 0 Å². The zero-order valence-corrected chi connectivity index (χ0v) is 8.70. The molecule has 0 radical (unpaired) electrons. The van der Waals surface area contributed by atoms with E-state index in [0.717, 1.165) is 12.1 Å². The van der Waals surface area contributed by atoms with E-state index in [-0.39, 0.29) is 16.6 Å². The van der Waals surface area contributed by atoms with Crippen molar-refractivity contribution in [1.82, 2.24) is 0 Å². The monoisotopic (exact) mass is 216 g/mol. The topological polar surface area (TPSA) is 17.1 Å². The molecule has 0 aliphatic heterocycles. The Balaban J connectivity index is 2.97. The Morgan fingerprint density at radius 3 is 2.50 bits per heavy atom. The Bertz CT molecular complexity index is 352. The Hall–Kier alpha value is -0.900. The third-order valence-electron chi connectivity index (χ3n) is 1.93. The van der Waals surface area contributed by atoms with E-state index in [4.69, 9.17) is 0 Å². The second-order valence-electron chi connectivity index (χ2n) is 2.87. The van der Waals surface area contributed by atoms with Gasteiger partial charge in [0.25, 0.3) is 0 Å². The second kappa shape index (κ2) is 4.55. The molecule has 76 valence electrons. The highest BCUT2D eigenvalue weighted by Crippen LogP contribution is 2.15. The number of halogens is 2. The summed E-state index contributed by atoms with van der Waals surface area (Å²) in [6.07, 6.45) is 1.79. The van der Waals surface area contributed by atoms with Gasteiger partial charge in [-0.25, -0.2) is 8.78 Å². The number of benzene rings is 1. The third kappa shape index (κ3) is 2.32. The first-order valence-corrected chi connectivity index (χ1v) is 5.37. The van der Waals surface area contributed by atoms with Gasteiger partial charge in [-0.15, -0.1) is 0 Å². The lowest BCUT2D eigenvalue weighted by atomic mass is 10.1. The molecule has 0 amide bonds. The molecule has 0 saturated heterocycles. The Morgan fingerprint density at radius 1 is 1.36 bits per heavy atom. The third-order valence-corrected chi connectivity index (χ3v) is 2.85. The molecule has 1 rings (SSSR count). The van der Waals surface area contributed by atoms with E-state index in [2.05, 4.69) is 0 Å². The van der Waals surface area contributed by atoms with E-state index >= 15 is 0 Å². The second-order valence-corrected chi connectivity index (χ2v) is 4.05. The van der Waals surface area contributed by atoms with Gasteiger partial charge in [-0.2, -0.15) is 11.8 Å². The summed E-state index contributed by atoms with van der Waals surface area (Å²) in [5.74, 6) is -2.10. The Morgan fingerprint density at radius 2 is 2.00 bits per heavy atom. The molecule has 0 aliphatic carbocycles. The minimum atomic E-state index is -0.982. The molecule has 0 N–H and O–H groups in total. The van der Waals surface area contributed by atoms with Crippen LogP contribution in [-0.2, 0) is 0 Å². The molecule has 0 aliphatic rings. The van der Waals surface area contributed by atoms with Crippen LogP contribution in [0.25, 0.3) is 0 Å². The fourth-order valence-corrected chi connectivity index (χ4v) is 1.34. The molecule has 0 saturated carbocycles. The maximum Gasteiger partial charge on any atom is 0.175 e. The molecule has 0 heterocycles. The summed E-state index contributed by atoms with van der Waals surface area (Å²) in [4.78, 5) is 11.5. The lowest BCUT2D eigenvalue weighted by Crippen LogP contribution is -2.13. The van der Waals surface area contributed by atoms with Crippen LogP contribution in [0.15, 0.2) is 18.2 Å². The number of hydrogen-bond donors (Lipinski definition) is 0. The first-order valence-electron chi connectivity index (χ1n) is 4.08. The summed E-state index contributed by atoms with van der Waals surface area (Å²) >= 11 is 1.37. The van der Waals surface area contributed by atoms with Crippen molar-refractivity contribution < 1.29 is 13.6 Å². The van der Waals surface area contributed by atoms with E-state index in [1.165, 1.54) is 17.8 Å². The summed E-state index contributed by atoms with van der Waals surface area (Å²) in [6, 6.07) is 3.20. The zero-order valence-electron chi connectivity index (χ0n) is 7.88. The molecule has 1 atom stereocenters. The van der Waals surface area contributed by atoms with Gasteiger partial charge in [0.1, 0.15) is 0 Å². The van der Waals surface area contributed by atoms with Gasteiger partial charge in [0.15, 0.2) is 17.4 Å². The summed E-state index contributed by atoms with van der Waals surface area (Å²) in [6.45, 7) is 1.73. The zero-order chi connectivity index (χ0) is 10.7. The maximum atomic E-state index is 12.8. The number of thioether (sulfide) groups is 1. The highest BCUT2D eigenvalue weighted by molar-refractivity contribution is 7.99. The average molecular weight is 216 g/mol. The van der Waals surface area contributed by atoms with Crippen molar-refractivity contribution in [3.63, 3.8) is 0 Å². The molecule has 1 unspecified atom stereocenters. The van der Waals surface area contributed by atoms with Crippen LogP contribution < -0.4 is 0 Å². The van der Waals surface area contributed by atoms with E-state index in [0.29, 0.717) is 0 Å². The van der Waals surface area contributed by atoms with Crippen LogP contribution in [0, 0.1) is 11.6 Å². The van der Waals surface area contributed by atoms with Crippen LogP contribution in [0.3, 0.4) is 0 Å². The van der Waals surface area contributed by atoms with Gasteiger partial charge < -0.3 is 0 Å². The van der Waals surface area contributed by atoms with Gasteiger partial charge in [-0.05, 0) is 31.4 Å². The van der Waals surface area contributed by atoms with Crippen molar-refractivity contribution >= 4 is 17.5 Å². The van der Waals surface area contributed by atoms with Crippen molar-refractivity contribution in [2.24, 2.45) is 0 Å². The van der Waals surface area contributed by atoms with Gasteiger partial charge in [0.05, 0.1) is 5.25 Å². The average Bonchev–Trinajstić information content (AvgIpc) is 2.20. The van der Waals surface area contributed by atoms with Crippen molar-refractivity contribution in [3.8, 4) is 0 Å². The molecule has 4 heteroatoms. The molecular weight excluding hydrogens is 206 g/mol. The summed E-state index contributed by atoms with van der Waals surface area (Å²) in [7, 11) is 0. The van der Waals surface area contributed by atoms with E-state index in [9.17, 15) is 13.6 Å². The van der Waals surface area contributed by atoms with Crippen LogP contribution in [0.2, 0.25) is 0 Å². The predicted octanol–water partition coefficient (Wildman–Crippen LogP) is 2.90. The number of carbonyl (C=O) groups excluding carboxylic acids is 1. The first kappa shape index (κ1) is 11.2. The molecule has 0 bridgehead atoms. The molecule has 0 fully saturated rings. The fourth-order valence-electron chi connectivity index (χ4n) is 0.991. The molecule has 0 spiro atoms. The molecule has 1 aromatic carbocycles. The lowest BCUT2D eigenvalue weighted by molar-refractivity contribution is 0.0993. The summed E-state index contributed by atoms with van der Waals surface area (Å²) in [5.41, 5.74) is 0.214. The highest BCUT2D eigenvalue weighted by atomic mass is 32.2. The van der Waals surface area contributed by atoms with Crippen LogP contribution in [0.5, 0.6) is 0 Å². The molecular formula is C10H10F2OS. The van der Waals surface area contributed by atoms with Crippen LogP contribution in [0.4, 0.5) is 8.78 Å². The van der Waals surface area contributed by atoms with Gasteiger partial charge in [-0.1, -0.05) is 0 Å². The minimum Gasteiger partial charge on any atom is -0.293 e. The SMILES string of the molecule is CSC(C)C(=O)c1ccc(F)c(F)c1. The van der Waals surface area contributed by atoms with Gasteiger partial charge in [-0.3, -0.25) is 4.79 Å². The number of carbonyl (C=O) groups is 1. The first-order chi connectivity index (χ1) is 6.56. The van der Waals surface area contributed by atoms with E-state index in [1.807, 2.05) is 0 Å². The number of ketones is 1. The van der Waals surface area contributed by atoms with Gasteiger partial charge in [0, 0.05) is 5.56 Å². The largest absolute Gasteiger partial charge is 0.293 e. The fraction of sp³-hybridized carbons (Fsp3) is 0.300. The van der Waals surface area contributed by atoms with Crippen molar-refractivity contribution in [2.75, 3.05) is 6.26 Å². The molecule has 14 heavy (non-hydrogen) atoms. The number of hydrogen-bond acceptors (Lipinski definition) is 2. The Labute approximate surface area is 85.5 Å². The van der Waals surface area contributed by atoms with Crippen LogP contribution in [-0.4, -0.2) is 17.3 Å². The number of Topliss-reactive ketones (excluding diaryl/α,β-unsaturated/α-hetero) is 1. The molecule has 0 aromatic heterocycles. The summed E-state index contributed by atoms with van der Waals surface area (Å²) < 4.78 is 25.3. The number of rotatable bonds is 3. The molecule has 1 aromatic rings. The van der Waals surface area contributed by atoms with E-state index < -0.39 is 11.6 Å². The standard InChI is InChI=1S/C10H10F2OS/c1-6(14-2)10(13)7-3-4-8(11)9(12)5-7/h3-6H,1-2H3. The van der Waals surface area contributed by atoms with Crippen molar-refractivity contribution in [3.05, 3.63) is 35.4 Å². The normalized spacial score (nSPS) is 12.6. The van der Waals surface area contributed by atoms with Crippen LogP contribution in [0.1, 0.15) is 17.3 Å². The van der Waals surface area contributed by atoms with E-state index in [1.54, 1.807) is 13.2 Å². The minimum absolute atomic E-state index is 0.184. The van der Waals surface area contributed by atoms with Gasteiger partial charge in [0.2, 0.25) is 0 Å². The summed E-state index contributed by atoms with van der Waals surface area (Å²) in [5, 5.41) is -0.236. The highest BCUT2D eigenvalue weighted by Gasteiger charge is 2.15. The quantitative estimate of drug-likeness (QED) is 0.723. The Kier molecular flexibility index (Phi) is 3.63.